The van der Waals surface area contributed by atoms with Gasteiger partial charge in [-0.1, -0.05) is 12.1 Å². The zero-order chi connectivity index (χ0) is 13.3. The molecule has 0 bridgehead atoms. The summed E-state index contributed by atoms with van der Waals surface area (Å²) in [7, 11) is 1.97. The minimum atomic E-state index is -0.116. The van der Waals surface area contributed by atoms with Gasteiger partial charge in [0, 0.05) is 19.1 Å². The largest absolute Gasteiger partial charge is 0.441 e. The van der Waals surface area contributed by atoms with E-state index in [9.17, 15) is 0 Å². The third-order valence-corrected chi connectivity index (χ3v) is 4.05. The van der Waals surface area contributed by atoms with Crippen LogP contribution >= 0.6 is 0 Å². The zero-order valence-electron chi connectivity index (χ0n) is 11.5. The van der Waals surface area contributed by atoms with Crippen molar-refractivity contribution in [3.63, 3.8) is 0 Å². The molecule has 2 atom stereocenters. The second kappa shape index (κ2) is 4.94. The Hall–Kier alpha value is -1.39. The van der Waals surface area contributed by atoms with Crippen LogP contribution in [0.1, 0.15) is 25.7 Å². The van der Waals surface area contributed by atoms with Crippen LogP contribution < -0.4 is 5.32 Å². The van der Waals surface area contributed by atoms with Crippen LogP contribution in [0.5, 0.6) is 0 Å². The monoisotopic (exact) mass is 260 g/mol. The van der Waals surface area contributed by atoms with Gasteiger partial charge in [0.25, 0.3) is 0 Å². The number of nitrogens with one attached hydrogen (secondary N) is 1. The fourth-order valence-corrected chi connectivity index (χ4v) is 2.88. The molecule has 1 aromatic carbocycles. The quantitative estimate of drug-likeness (QED) is 0.917. The summed E-state index contributed by atoms with van der Waals surface area (Å²) in [5, 5.41) is 3.35. The first-order valence-electron chi connectivity index (χ1n) is 6.87. The Kier molecular flexibility index (Phi) is 3.29. The molecule has 3 rings (SSSR count). The number of benzene rings is 1. The standard InChI is InChI=1S/C15H20N2O2/c1-15(8-5-9-18-15)13(16-2)10-14-17-11-6-3-4-7-12(11)19-14/h3-4,6-7,13,16H,5,8-10H2,1-2H3. The first-order valence-corrected chi connectivity index (χ1v) is 6.87. The van der Waals surface area contributed by atoms with Gasteiger partial charge in [0.15, 0.2) is 11.5 Å². The van der Waals surface area contributed by atoms with Gasteiger partial charge in [0.2, 0.25) is 0 Å². The molecule has 0 saturated carbocycles. The van der Waals surface area contributed by atoms with Gasteiger partial charge in [-0.3, -0.25) is 0 Å². The van der Waals surface area contributed by atoms with Crippen molar-refractivity contribution >= 4 is 11.1 Å². The Bertz CT molecular complexity index is 525. The van der Waals surface area contributed by atoms with Gasteiger partial charge in [-0.25, -0.2) is 4.98 Å². The molecular weight excluding hydrogens is 240 g/mol. The van der Waals surface area contributed by atoms with E-state index in [0.29, 0.717) is 0 Å². The number of ether oxygens (including phenoxy) is 1. The number of para-hydroxylation sites is 2. The number of likely N-dealkylation sites (N-methyl/N-ethyl adjacent to an activating group) is 1. The summed E-state index contributed by atoms with van der Waals surface area (Å²) in [4.78, 5) is 4.54. The molecule has 1 N–H and O–H groups in total. The summed E-state index contributed by atoms with van der Waals surface area (Å²) < 4.78 is 11.7. The van der Waals surface area contributed by atoms with Crippen molar-refractivity contribution in [1.82, 2.24) is 10.3 Å². The minimum absolute atomic E-state index is 0.116. The molecule has 2 heterocycles. The number of oxazole rings is 1. The Labute approximate surface area is 113 Å². The SMILES string of the molecule is CNC(Cc1nc2ccccc2o1)C1(C)CCCO1. The second-order valence-corrected chi connectivity index (χ2v) is 5.39. The third-order valence-electron chi connectivity index (χ3n) is 4.05. The lowest BCUT2D eigenvalue weighted by Crippen LogP contribution is -2.48. The molecule has 1 aliphatic rings. The fourth-order valence-electron chi connectivity index (χ4n) is 2.88. The van der Waals surface area contributed by atoms with Crippen LogP contribution in [0.4, 0.5) is 0 Å². The molecule has 2 aromatic rings. The van der Waals surface area contributed by atoms with E-state index in [1.54, 1.807) is 0 Å². The van der Waals surface area contributed by atoms with Crippen LogP contribution in [0.2, 0.25) is 0 Å². The van der Waals surface area contributed by atoms with Gasteiger partial charge in [-0.2, -0.15) is 0 Å². The maximum absolute atomic E-state index is 5.91. The maximum Gasteiger partial charge on any atom is 0.197 e. The Morgan fingerprint density at radius 3 is 2.95 bits per heavy atom. The molecular formula is C15H20N2O2. The van der Waals surface area contributed by atoms with Gasteiger partial charge in [-0.05, 0) is 38.9 Å². The third kappa shape index (κ3) is 2.38. The predicted molar refractivity (Wildman–Crippen MR) is 74.2 cm³/mol. The van der Waals surface area contributed by atoms with Gasteiger partial charge < -0.3 is 14.5 Å². The summed E-state index contributed by atoms with van der Waals surface area (Å²) in [6.07, 6.45) is 2.96. The highest BCUT2D eigenvalue weighted by molar-refractivity contribution is 5.72. The summed E-state index contributed by atoms with van der Waals surface area (Å²) in [5.41, 5.74) is 1.66. The van der Waals surface area contributed by atoms with E-state index in [-0.39, 0.29) is 11.6 Å². The van der Waals surface area contributed by atoms with Crippen molar-refractivity contribution in [2.24, 2.45) is 0 Å². The van der Waals surface area contributed by atoms with Crippen molar-refractivity contribution in [2.75, 3.05) is 13.7 Å². The first kappa shape index (κ1) is 12.6. The van der Waals surface area contributed by atoms with E-state index >= 15 is 0 Å². The summed E-state index contributed by atoms with van der Waals surface area (Å²) >= 11 is 0. The topological polar surface area (TPSA) is 47.3 Å². The molecule has 4 nitrogen and oxygen atoms in total. The zero-order valence-corrected chi connectivity index (χ0v) is 11.5. The molecule has 0 amide bonds. The Balaban J connectivity index is 1.82. The lowest BCUT2D eigenvalue weighted by Gasteiger charge is -2.32. The van der Waals surface area contributed by atoms with E-state index in [1.807, 2.05) is 31.3 Å². The number of fused-ring (bicyclic) bond motifs is 1. The highest BCUT2D eigenvalue weighted by atomic mass is 16.5. The lowest BCUT2D eigenvalue weighted by atomic mass is 9.91. The van der Waals surface area contributed by atoms with Gasteiger partial charge >= 0.3 is 0 Å². The van der Waals surface area contributed by atoms with Crippen LogP contribution in [0.15, 0.2) is 28.7 Å². The Morgan fingerprint density at radius 2 is 2.26 bits per heavy atom. The van der Waals surface area contributed by atoms with Crippen molar-refractivity contribution in [1.29, 1.82) is 0 Å². The van der Waals surface area contributed by atoms with Crippen LogP contribution in [-0.2, 0) is 11.2 Å². The lowest BCUT2D eigenvalue weighted by molar-refractivity contribution is -0.0109. The molecule has 1 aliphatic heterocycles. The second-order valence-electron chi connectivity index (χ2n) is 5.39. The number of aromatic nitrogens is 1. The fraction of sp³-hybridized carbons (Fsp3) is 0.533. The normalized spacial score (nSPS) is 24.9. The van der Waals surface area contributed by atoms with E-state index in [0.717, 1.165) is 42.9 Å². The molecule has 0 spiro atoms. The molecule has 102 valence electrons. The van der Waals surface area contributed by atoms with Gasteiger partial charge in [-0.15, -0.1) is 0 Å². The van der Waals surface area contributed by atoms with Crippen LogP contribution in [-0.4, -0.2) is 30.3 Å². The minimum Gasteiger partial charge on any atom is -0.441 e. The van der Waals surface area contributed by atoms with Crippen molar-refractivity contribution in [3.8, 4) is 0 Å². The number of hydrogen-bond acceptors (Lipinski definition) is 4. The summed E-state index contributed by atoms with van der Waals surface area (Å²) in [5.74, 6) is 0.775. The van der Waals surface area contributed by atoms with Crippen LogP contribution in [0, 0.1) is 0 Å². The van der Waals surface area contributed by atoms with Crippen LogP contribution in [0.3, 0.4) is 0 Å². The maximum atomic E-state index is 5.91. The van der Waals surface area contributed by atoms with E-state index < -0.39 is 0 Å². The molecule has 0 aliphatic carbocycles. The molecule has 1 saturated heterocycles. The van der Waals surface area contributed by atoms with Crippen molar-refractivity contribution in [2.45, 2.75) is 37.8 Å². The number of hydrogen-bond donors (Lipinski definition) is 1. The van der Waals surface area contributed by atoms with Crippen LogP contribution in [0.25, 0.3) is 11.1 Å². The van der Waals surface area contributed by atoms with Gasteiger partial charge in [0.1, 0.15) is 5.52 Å². The van der Waals surface area contributed by atoms with Crippen molar-refractivity contribution in [3.05, 3.63) is 30.2 Å². The molecule has 4 heteroatoms. The van der Waals surface area contributed by atoms with E-state index in [2.05, 4.69) is 17.2 Å². The molecule has 1 aromatic heterocycles. The van der Waals surface area contributed by atoms with E-state index in [4.69, 9.17) is 9.15 Å². The number of nitrogens with zero attached hydrogens (tertiary/aromatic N) is 1. The smallest absolute Gasteiger partial charge is 0.197 e. The summed E-state index contributed by atoms with van der Waals surface area (Å²) in [6, 6.07) is 8.10. The Morgan fingerprint density at radius 1 is 1.42 bits per heavy atom. The highest BCUT2D eigenvalue weighted by Crippen LogP contribution is 2.30. The van der Waals surface area contributed by atoms with Gasteiger partial charge in [0.05, 0.1) is 5.60 Å². The van der Waals surface area contributed by atoms with E-state index in [1.165, 1.54) is 0 Å². The summed E-state index contributed by atoms with van der Waals surface area (Å²) in [6.45, 7) is 3.02. The average Bonchev–Trinajstić information content (AvgIpc) is 3.02. The number of rotatable bonds is 4. The van der Waals surface area contributed by atoms with Crippen molar-refractivity contribution < 1.29 is 9.15 Å². The molecule has 1 fully saturated rings. The molecule has 0 radical (unpaired) electrons. The predicted octanol–water partition coefficient (Wildman–Crippen LogP) is 2.53. The molecule has 19 heavy (non-hydrogen) atoms. The average molecular weight is 260 g/mol. The highest BCUT2D eigenvalue weighted by Gasteiger charge is 2.38. The first-order chi connectivity index (χ1) is 9.21. The molecule has 2 unspecified atom stereocenters.